The molecule has 0 bridgehead atoms. The predicted molar refractivity (Wildman–Crippen MR) is 79.6 cm³/mol. The van der Waals surface area contributed by atoms with E-state index < -0.39 is 0 Å². The minimum absolute atomic E-state index is 0.0208. The van der Waals surface area contributed by atoms with Crippen molar-refractivity contribution in [1.29, 1.82) is 0 Å². The molecule has 0 N–H and O–H groups in total. The van der Waals surface area contributed by atoms with E-state index in [9.17, 15) is 4.79 Å². The van der Waals surface area contributed by atoms with Gasteiger partial charge >= 0.3 is 5.97 Å². The second kappa shape index (κ2) is 8.95. The van der Waals surface area contributed by atoms with Crippen molar-refractivity contribution in [1.82, 2.24) is 0 Å². The number of ether oxygens (including phenoxy) is 1. The van der Waals surface area contributed by atoms with Gasteiger partial charge in [-0.05, 0) is 43.8 Å². The molecule has 0 aromatic carbocycles. The highest BCUT2D eigenvalue weighted by Crippen LogP contribution is 2.26. The number of esters is 1. The highest BCUT2D eigenvalue weighted by molar-refractivity contribution is 5.74. The van der Waals surface area contributed by atoms with Gasteiger partial charge < -0.3 is 4.74 Å². The molecule has 0 saturated heterocycles. The first-order valence-electron chi connectivity index (χ1n) is 7.68. The SMILES string of the molecule is CC(C)C.O=C(OC1=CCCC=C1)C1CCCCC1. The third-order valence-corrected chi connectivity index (χ3v) is 3.12. The molecule has 0 spiro atoms. The lowest BCUT2D eigenvalue weighted by Crippen LogP contribution is -2.20. The fourth-order valence-electron chi connectivity index (χ4n) is 2.20. The van der Waals surface area contributed by atoms with E-state index in [-0.39, 0.29) is 11.9 Å². The van der Waals surface area contributed by atoms with Gasteiger partial charge in [-0.3, -0.25) is 4.79 Å². The Balaban J connectivity index is 0.000000399. The van der Waals surface area contributed by atoms with Crippen LogP contribution in [0.25, 0.3) is 0 Å². The molecule has 0 aromatic rings. The Kier molecular flexibility index (Phi) is 7.54. The molecule has 2 aliphatic rings. The topological polar surface area (TPSA) is 26.3 Å². The van der Waals surface area contributed by atoms with Gasteiger partial charge in [0.1, 0.15) is 5.76 Å². The fraction of sp³-hybridized carbons (Fsp3) is 0.706. The molecule has 0 radical (unpaired) electrons. The van der Waals surface area contributed by atoms with Crippen molar-refractivity contribution in [3.8, 4) is 0 Å². The van der Waals surface area contributed by atoms with Crippen molar-refractivity contribution in [2.24, 2.45) is 11.8 Å². The molecular weight excluding hydrogens is 236 g/mol. The molecule has 108 valence electrons. The number of carbonyl (C=O) groups excluding carboxylic acids is 1. The summed E-state index contributed by atoms with van der Waals surface area (Å²) in [6.45, 7) is 6.50. The van der Waals surface area contributed by atoms with E-state index in [4.69, 9.17) is 4.74 Å². The first-order chi connectivity index (χ1) is 9.09. The van der Waals surface area contributed by atoms with E-state index in [0.29, 0.717) is 0 Å². The maximum Gasteiger partial charge on any atom is 0.314 e. The molecule has 0 amide bonds. The Hall–Kier alpha value is -1.05. The highest BCUT2D eigenvalue weighted by Gasteiger charge is 2.23. The number of hydrogen-bond acceptors (Lipinski definition) is 2. The van der Waals surface area contributed by atoms with Crippen LogP contribution in [0.5, 0.6) is 0 Å². The van der Waals surface area contributed by atoms with E-state index in [0.717, 1.165) is 37.4 Å². The zero-order valence-electron chi connectivity index (χ0n) is 12.7. The van der Waals surface area contributed by atoms with Crippen LogP contribution in [-0.4, -0.2) is 5.97 Å². The van der Waals surface area contributed by atoms with Gasteiger partial charge in [0.25, 0.3) is 0 Å². The molecule has 2 heteroatoms. The van der Waals surface area contributed by atoms with Crippen molar-refractivity contribution in [2.45, 2.75) is 65.7 Å². The van der Waals surface area contributed by atoms with Crippen molar-refractivity contribution in [3.05, 3.63) is 24.0 Å². The van der Waals surface area contributed by atoms with Gasteiger partial charge in [-0.25, -0.2) is 0 Å². The molecule has 2 rings (SSSR count). The normalized spacial score (nSPS) is 19.5. The molecule has 0 unspecified atom stereocenters. The molecule has 0 aromatic heterocycles. The quantitative estimate of drug-likeness (QED) is 0.656. The van der Waals surface area contributed by atoms with Crippen LogP contribution in [0.2, 0.25) is 0 Å². The van der Waals surface area contributed by atoms with E-state index in [1.807, 2.05) is 12.2 Å². The standard InChI is InChI=1S/C13H18O2.C4H10/c14-13(11-7-3-1-4-8-11)15-12-9-5-2-6-10-12;1-4(2)3/h5,9-11H,1-4,6-8H2;4H,1-3H3. The van der Waals surface area contributed by atoms with Gasteiger partial charge in [-0.1, -0.05) is 46.1 Å². The first-order valence-corrected chi connectivity index (χ1v) is 7.68. The molecule has 19 heavy (non-hydrogen) atoms. The number of carbonyl (C=O) groups is 1. The summed E-state index contributed by atoms with van der Waals surface area (Å²) in [5.74, 6) is 1.71. The Labute approximate surface area is 117 Å². The molecular formula is C17H28O2. The lowest BCUT2D eigenvalue weighted by atomic mass is 9.89. The maximum atomic E-state index is 11.8. The summed E-state index contributed by atoms with van der Waals surface area (Å²) in [5, 5.41) is 0. The van der Waals surface area contributed by atoms with Crippen molar-refractivity contribution in [3.63, 3.8) is 0 Å². The predicted octanol–water partition coefficient (Wildman–Crippen LogP) is 5.01. The molecule has 0 aliphatic heterocycles. The highest BCUT2D eigenvalue weighted by atomic mass is 16.5. The summed E-state index contributed by atoms with van der Waals surface area (Å²) < 4.78 is 5.37. The minimum atomic E-state index is -0.0208. The van der Waals surface area contributed by atoms with Gasteiger partial charge in [-0.15, -0.1) is 0 Å². The Morgan fingerprint density at radius 1 is 1.16 bits per heavy atom. The van der Waals surface area contributed by atoms with Crippen LogP contribution >= 0.6 is 0 Å². The summed E-state index contributed by atoms with van der Waals surface area (Å²) in [7, 11) is 0. The zero-order valence-corrected chi connectivity index (χ0v) is 12.7. The number of allylic oxidation sites excluding steroid dienone is 3. The Morgan fingerprint density at radius 3 is 2.32 bits per heavy atom. The zero-order chi connectivity index (χ0) is 14.1. The van der Waals surface area contributed by atoms with Gasteiger partial charge in [0.05, 0.1) is 5.92 Å². The number of hydrogen-bond donors (Lipinski definition) is 0. The molecule has 0 atom stereocenters. The lowest BCUT2D eigenvalue weighted by molar-refractivity contribution is -0.144. The minimum Gasteiger partial charge on any atom is -0.427 e. The van der Waals surface area contributed by atoms with Crippen molar-refractivity contribution < 1.29 is 9.53 Å². The van der Waals surface area contributed by atoms with Gasteiger partial charge in [0, 0.05) is 0 Å². The van der Waals surface area contributed by atoms with Crippen LogP contribution in [0.1, 0.15) is 65.7 Å². The van der Waals surface area contributed by atoms with Crippen LogP contribution in [0.4, 0.5) is 0 Å². The van der Waals surface area contributed by atoms with Crippen LogP contribution in [0.3, 0.4) is 0 Å². The molecule has 0 heterocycles. The van der Waals surface area contributed by atoms with E-state index in [1.54, 1.807) is 0 Å². The summed E-state index contributed by atoms with van der Waals surface area (Å²) in [5.41, 5.74) is 0. The number of rotatable bonds is 2. The second-order valence-electron chi connectivity index (χ2n) is 6.07. The first kappa shape index (κ1) is 16.0. The average molecular weight is 264 g/mol. The Morgan fingerprint density at radius 2 is 1.79 bits per heavy atom. The average Bonchev–Trinajstić information content (AvgIpc) is 2.40. The lowest BCUT2D eigenvalue weighted by Gasteiger charge is -2.20. The van der Waals surface area contributed by atoms with Crippen molar-refractivity contribution >= 4 is 5.97 Å². The second-order valence-corrected chi connectivity index (χ2v) is 6.07. The van der Waals surface area contributed by atoms with Crippen LogP contribution in [0, 0.1) is 11.8 Å². The monoisotopic (exact) mass is 264 g/mol. The smallest absolute Gasteiger partial charge is 0.314 e. The molecule has 1 saturated carbocycles. The van der Waals surface area contributed by atoms with E-state index in [1.165, 1.54) is 19.3 Å². The van der Waals surface area contributed by atoms with Gasteiger partial charge in [0.2, 0.25) is 0 Å². The molecule has 1 fully saturated rings. The van der Waals surface area contributed by atoms with Crippen LogP contribution in [0.15, 0.2) is 24.0 Å². The van der Waals surface area contributed by atoms with Crippen LogP contribution < -0.4 is 0 Å². The summed E-state index contributed by atoms with van der Waals surface area (Å²) in [4.78, 5) is 11.8. The Bertz CT molecular complexity index is 317. The summed E-state index contributed by atoms with van der Waals surface area (Å²) >= 11 is 0. The van der Waals surface area contributed by atoms with Crippen LogP contribution in [-0.2, 0) is 9.53 Å². The third kappa shape index (κ3) is 7.19. The maximum absolute atomic E-state index is 11.8. The largest absolute Gasteiger partial charge is 0.427 e. The van der Waals surface area contributed by atoms with E-state index in [2.05, 4.69) is 26.8 Å². The van der Waals surface area contributed by atoms with E-state index >= 15 is 0 Å². The molecule has 2 aliphatic carbocycles. The summed E-state index contributed by atoms with van der Waals surface area (Å²) in [6.07, 6.45) is 13.7. The molecule has 2 nitrogen and oxygen atoms in total. The fourth-order valence-corrected chi connectivity index (χ4v) is 2.20. The van der Waals surface area contributed by atoms with Gasteiger partial charge in [0.15, 0.2) is 0 Å². The van der Waals surface area contributed by atoms with Gasteiger partial charge in [-0.2, -0.15) is 0 Å². The third-order valence-electron chi connectivity index (χ3n) is 3.12. The summed E-state index contributed by atoms with van der Waals surface area (Å²) in [6, 6.07) is 0. The van der Waals surface area contributed by atoms with Crippen molar-refractivity contribution in [2.75, 3.05) is 0 Å².